The van der Waals surface area contributed by atoms with Gasteiger partial charge in [0, 0.05) is 18.2 Å². The molecule has 0 atom stereocenters. The molecule has 0 aliphatic rings. The summed E-state index contributed by atoms with van der Waals surface area (Å²) in [5.41, 5.74) is 6.75. The number of benzene rings is 1. The molecule has 0 aromatic heterocycles. The minimum Gasteiger partial charge on any atom is -0.326 e. The standard InChI is InChI=1S/C9H9N3O2/c1-6-2-7(4-10)8(5-11)3-9(6)12(13)14/h2-3H,5,11H2,1H3. The van der Waals surface area contributed by atoms with Crippen molar-refractivity contribution in [3.05, 3.63) is 38.9 Å². The van der Waals surface area contributed by atoms with E-state index >= 15 is 0 Å². The van der Waals surface area contributed by atoms with Gasteiger partial charge in [-0.15, -0.1) is 0 Å². The van der Waals surface area contributed by atoms with E-state index in [1.165, 1.54) is 12.1 Å². The predicted octanol–water partition coefficient (Wildman–Crippen LogP) is 1.23. The van der Waals surface area contributed by atoms with Crippen molar-refractivity contribution in [1.29, 1.82) is 5.26 Å². The fourth-order valence-electron chi connectivity index (χ4n) is 1.21. The monoisotopic (exact) mass is 191 g/mol. The summed E-state index contributed by atoms with van der Waals surface area (Å²) in [5.74, 6) is 0. The van der Waals surface area contributed by atoms with E-state index in [1.54, 1.807) is 6.92 Å². The third-order valence-corrected chi connectivity index (χ3v) is 1.96. The van der Waals surface area contributed by atoms with Crippen LogP contribution in [0.25, 0.3) is 0 Å². The number of nitro benzene ring substituents is 1. The smallest absolute Gasteiger partial charge is 0.272 e. The van der Waals surface area contributed by atoms with Gasteiger partial charge in [-0.3, -0.25) is 10.1 Å². The quantitative estimate of drug-likeness (QED) is 0.562. The fourth-order valence-corrected chi connectivity index (χ4v) is 1.21. The Hall–Kier alpha value is -1.93. The molecular formula is C9H9N3O2. The highest BCUT2D eigenvalue weighted by atomic mass is 16.6. The highest BCUT2D eigenvalue weighted by Gasteiger charge is 2.13. The van der Waals surface area contributed by atoms with Crippen molar-refractivity contribution >= 4 is 5.69 Å². The van der Waals surface area contributed by atoms with E-state index in [9.17, 15) is 10.1 Å². The Bertz CT molecular complexity index is 421. The molecule has 14 heavy (non-hydrogen) atoms. The van der Waals surface area contributed by atoms with Gasteiger partial charge in [-0.1, -0.05) is 0 Å². The fraction of sp³-hybridized carbons (Fsp3) is 0.222. The molecular weight excluding hydrogens is 182 g/mol. The first-order valence-corrected chi connectivity index (χ1v) is 3.98. The third-order valence-electron chi connectivity index (χ3n) is 1.96. The number of hydrogen-bond acceptors (Lipinski definition) is 4. The van der Waals surface area contributed by atoms with Gasteiger partial charge in [0.1, 0.15) is 0 Å². The van der Waals surface area contributed by atoms with Crippen LogP contribution in [0.5, 0.6) is 0 Å². The van der Waals surface area contributed by atoms with Crippen LogP contribution in [0.3, 0.4) is 0 Å². The van der Waals surface area contributed by atoms with Crippen molar-refractivity contribution in [2.24, 2.45) is 5.73 Å². The summed E-state index contributed by atoms with van der Waals surface area (Å²) in [6, 6.07) is 4.79. The zero-order valence-electron chi connectivity index (χ0n) is 7.65. The number of rotatable bonds is 2. The Labute approximate surface area is 80.9 Å². The topological polar surface area (TPSA) is 93.0 Å². The molecule has 0 unspecified atom stereocenters. The molecule has 1 aromatic rings. The molecule has 0 aliphatic heterocycles. The normalized spacial score (nSPS) is 9.50. The lowest BCUT2D eigenvalue weighted by Crippen LogP contribution is -2.02. The number of hydrogen-bond donors (Lipinski definition) is 1. The number of aryl methyl sites for hydroxylation is 1. The predicted molar refractivity (Wildman–Crippen MR) is 50.4 cm³/mol. The molecule has 0 fully saturated rings. The van der Waals surface area contributed by atoms with E-state index in [1.807, 2.05) is 6.07 Å². The number of nitriles is 1. The first kappa shape index (κ1) is 10.2. The molecule has 1 rings (SSSR count). The lowest BCUT2D eigenvalue weighted by atomic mass is 10.0. The van der Waals surface area contributed by atoms with Gasteiger partial charge in [0.15, 0.2) is 0 Å². The van der Waals surface area contributed by atoms with Crippen LogP contribution in [0, 0.1) is 28.4 Å². The van der Waals surface area contributed by atoms with E-state index < -0.39 is 4.92 Å². The molecule has 72 valence electrons. The Morgan fingerprint density at radius 3 is 2.71 bits per heavy atom. The molecule has 5 heteroatoms. The first-order chi connectivity index (χ1) is 6.60. The van der Waals surface area contributed by atoms with Gasteiger partial charge < -0.3 is 5.73 Å². The highest BCUT2D eigenvalue weighted by molar-refractivity contribution is 5.50. The van der Waals surface area contributed by atoms with Crippen molar-refractivity contribution in [3.63, 3.8) is 0 Å². The summed E-state index contributed by atoms with van der Waals surface area (Å²) in [6.45, 7) is 1.73. The van der Waals surface area contributed by atoms with Gasteiger partial charge in [-0.2, -0.15) is 5.26 Å². The van der Waals surface area contributed by atoms with Crippen molar-refractivity contribution in [2.75, 3.05) is 0 Å². The van der Waals surface area contributed by atoms with Crippen LogP contribution in [0.15, 0.2) is 12.1 Å². The Morgan fingerprint density at radius 2 is 2.29 bits per heavy atom. The molecule has 1 aromatic carbocycles. The van der Waals surface area contributed by atoms with Gasteiger partial charge in [-0.25, -0.2) is 0 Å². The van der Waals surface area contributed by atoms with E-state index in [2.05, 4.69) is 0 Å². The van der Waals surface area contributed by atoms with Crippen LogP contribution in [-0.4, -0.2) is 4.92 Å². The maximum absolute atomic E-state index is 10.6. The molecule has 0 aliphatic carbocycles. The minimum absolute atomic E-state index is 0.00412. The summed E-state index contributed by atoms with van der Waals surface area (Å²) in [6.07, 6.45) is 0. The van der Waals surface area contributed by atoms with Crippen LogP contribution < -0.4 is 5.73 Å². The Balaban J connectivity index is 3.39. The van der Waals surface area contributed by atoms with E-state index in [0.717, 1.165) is 0 Å². The molecule has 0 spiro atoms. The third kappa shape index (κ3) is 1.70. The van der Waals surface area contributed by atoms with Crippen LogP contribution in [-0.2, 0) is 6.54 Å². The second-order valence-corrected chi connectivity index (χ2v) is 2.87. The zero-order chi connectivity index (χ0) is 10.7. The van der Waals surface area contributed by atoms with Crippen molar-refractivity contribution < 1.29 is 4.92 Å². The van der Waals surface area contributed by atoms with Gasteiger partial charge in [-0.05, 0) is 18.6 Å². The number of nitro groups is 1. The highest BCUT2D eigenvalue weighted by Crippen LogP contribution is 2.22. The average Bonchev–Trinajstić information content (AvgIpc) is 2.16. The van der Waals surface area contributed by atoms with Crippen LogP contribution in [0.1, 0.15) is 16.7 Å². The lowest BCUT2D eigenvalue weighted by Gasteiger charge is -2.02. The van der Waals surface area contributed by atoms with Gasteiger partial charge >= 0.3 is 0 Å². The number of nitrogens with two attached hydrogens (primary N) is 1. The van der Waals surface area contributed by atoms with Crippen LogP contribution in [0.2, 0.25) is 0 Å². The Kier molecular flexibility index (Phi) is 2.79. The van der Waals surface area contributed by atoms with E-state index in [-0.39, 0.29) is 12.2 Å². The number of nitrogens with zero attached hydrogens (tertiary/aromatic N) is 2. The minimum atomic E-state index is -0.477. The summed E-state index contributed by atoms with van der Waals surface area (Å²) in [4.78, 5) is 10.1. The van der Waals surface area contributed by atoms with Crippen LogP contribution in [0.4, 0.5) is 5.69 Å². The lowest BCUT2D eigenvalue weighted by molar-refractivity contribution is -0.385. The second kappa shape index (κ2) is 3.85. The second-order valence-electron chi connectivity index (χ2n) is 2.87. The van der Waals surface area contributed by atoms with Crippen molar-refractivity contribution in [1.82, 2.24) is 0 Å². The van der Waals surface area contributed by atoms with Gasteiger partial charge in [0.2, 0.25) is 0 Å². The first-order valence-electron chi connectivity index (χ1n) is 3.98. The molecule has 0 saturated carbocycles. The maximum atomic E-state index is 10.6. The zero-order valence-corrected chi connectivity index (χ0v) is 7.65. The van der Waals surface area contributed by atoms with Crippen molar-refractivity contribution in [2.45, 2.75) is 13.5 Å². The van der Waals surface area contributed by atoms with Gasteiger partial charge in [0.25, 0.3) is 5.69 Å². The van der Waals surface area contributed by atoms with Crippen LogP contribution >= 0.6 is 0 Å². The summed E-state index contributed by atoms with van der Waals surface area (Å²) < 4.78 is 0. The van der Waals surface area contributed by atoms with Crippen molar-refractivity contribution in [3.8, 4) is 6.07 Å². The molecule has 0 saturated heterocycles. The average molecular weight is 191 g/mol. The summed E-state index contributed by atoms with van der Waals surface area (Å²) in [5, 5.41) is 19.3. The Morgan fingerprint density at radius 1 is 1.64 bits per heavy atom. The molecule has 0 radical (unpaired) electrons. The van der Waals surface area contributed by atoms with E-state index in [0.29, 0.717) is 16.7 Å². The SMILES string of the molecule is Cc1cc(C#N)c(CN)cc1[N+](=O)[O-]. The molecule has 5 nitrogen and oxygen atoms in total. The molecule has 0 heterocycles. The molecule has 0 amide bonds. The largest absolute Gasteiger partial charge is 0.326 e. The maximum Gasteiger partial charge on any atom is 0.272 e. The van der Waals surface area contributed by atoms with E-state index in [4.69, 9.17) is 11.0 Å². The molecule has 2 N–H and O–H groups in total. The van der Waals surface area contributed by atoms with Gasteiger partial charge in [0.05, 0.1) is 16.6 Å². The molecule has 0 bridgehead atoms. The summed E-state index contributed by atoms with van der Waals surface area (Å²) >= 11 is 0. The summed E-state index contributed by atoms with van der Waals surface area (Å²) in [7, 11) is 0.